The number of urea groups is 1. The fourth-order valence-electron chi connectivity index (χ4n) is 3.17. The monoisotopic (exact) mass is 334 g/mol. The fraction of sp³-hybridized carbons (Fsp3) is 0.611. The minimum atomic E-state index is -0.0679. The zero-order valence-electron chi connectivity index (χ0n) is 13.7. The van der Waals surface area contributed by atoms with Crippen LogP contribution < -0.4 is 10.6 Å². The van der Waals surface area contributed by atoms with Crippen molar-refractivity contribution in [3.05, 3.63) is 35.4 Å². The van der Waals surface area contributed by atoms with Gasteiger partial charge < -0.3 is 15.4 Å². The summed E-state index contributed by atoms with van der Waals surface area (Å²) >= 11 is 1.81. The molecule has 0 unspecified atom stereocenters. The highest BCUT2D eigenvalue weighted by atomic mass is 32.2. The van der Waals surface area contributed by atoms with Crippen molar-refractivity contribution in [1.82, 2.24) is 10.6 Å². The fourth-order valence-corrected chi connectivity index (χ4v) is 3.68. The predicted molar refractivity (Wildman–Crippen MR) is 94.5 cm³/mol. The van der Waals surface area contributed by atoms with E-state index in [9.17, 15) is 4.79 Å². The van der Waals surface area contributed by atoms with Gasteiger partial charge in [0.1, 0.15) is 0 Å². The van der Waals surface area contributed by atoms with Crippen LogP contribution in [0.4, 0.5) is 4.79 Å². The molecule has 0 radical (unpaired) electrons. The third kappa shape index (κ3) is 5.15. The molecule has 2 aliphatic rings. The van der Waals surface area contributed by atoms with Crippen LogP contribution in [0.5, 0.6) is 0 Å². The van der Waals surface area contributed by atoms with E-state index in [0.717, 1.165) is 36.7 Å². The van der Waals surface area contributed by atoms with Crippen molar-refractivity contribution in [3.63, 3.8) is 0 Å². The Morgan fingerprint density at radius 2 is 2.13 bits per heavy atom. The molecule has 126 valence electrons. The standard InChI is InChI=1S/C18H26N2O2S/c1-23-12-14-4-2-3-13(9-14)11-19-18(21)20-16-7-8-22-17(10-16)15-5-6-15/h2-4,9,15-17H,5-8,10-12H2,1H3,(H2,19,20,21)/t16-,17-/m0/s1. The first-order chi connectivity index (χ1) is 11.2. The number of rotatable bonds is 6. The second kappa shape index (κ2) is 8.06. The minimum absolute atomic E-state index is 0.0679. The molecule has 1 aliphatic heterocycles. The first kappa shape index (κ1) is 16.7. The van der Waals surface area contributed by atoms with E-state index in [-0.39, 0.29) is 12.1 Å². The van der Waals surface area contributed by atoms with Crippen molar-refractivity contribution in [2.45, 2.75) is 50.1 Å². The summed E-state index contributed by atoms with van der Waals surface area (Å²) < 4.78 is 5.81. The first-order valence-corrected chi connectivity index (χ1v) is 9.86. The van der Waals surface area contributed by atoms with E-state index in [4.69, 9.17) is 4.74 Å². The Morgan fingerprint density at radius 3 is 2.91 bits per heavy atom. The van der Waals surface area contributed by atoms with Gasteiger partial charge in [0.25, 0.3) is 0 Å². The predicted octanol–water partition coefficient (Wildman–Crippen LogP) is 3.31. The van der Waals surface area contributed by atoms with Crippen molar-refractivity contribution < 1.29 is 9.53 Å². The van der Waals surface area contributed by atoms with Crippen molar-refractivity contribution in [2.75, 3.05) is 12.9 Å². The summed E-state index contributed by atoms with van der Waals surface area (Å²) in [5.41, 5.74) is 2.45. The van der Waals surface area contributed by atoms with Gasteiger partial charge in [0.05, 0.1) is 6.10 Å². The molecule has 5 heteroatoms. The van der Waals surface area contributed by atoms with Crippen LogP contribution in [0.3, 0.4) is 0 Å². The Hall–Kier alpha value is -1.20. The summed E-state index contributed by atoms with van der Waals surface area (Å²) in [6.45, 7) is 1.34. The molecule has 0 bridgehead atoms. The second-order valence-electron chi connectivity index (χ2n) is 6.55. The van der Waals surface area contributed by atoms with E-state index in [1.807, 2.05) is 11.8 Å². The molecule has 1 aromatic carbocycles. The number of hydrogen-bond acceptors (Lipinski definition) is 3. The van der Waals surface area contributed by atoms with Crippen molar-refractivity contribution in [3.8, 4) is 0 Å². The lowest BCUT2D eigenvalue weighted by atomic mass is 10.0. The quantitative estimate of drug-likeness (QED) is 0.839. The molecule has 3 rings (SSSR count). The molecule has 1 saturated carbocycles. The molecule has 0 spiro atoms. The largest absolute Gasteiger partial charge is 0.378 e. The molecular formula is C18H26N2O2S. The molecule has 2 amide bonds. The summed E-state index contributed by atoms with van der Waals surface area (Å²) in [6.07, 6.45) is 6.91. The second-order valence-corrected chi connectivity index (χ2v) is 7.41. The van der Waals surface area contributed by atoms with Crippen molar-refractivity contribution in [2.24, 2.45) is 5.92 Å². The maximum Gasteiger partial charge on any atom is 0.315 e. The Kier molecular flexibility index (Phi) is 5.84. The van der Waals surface area contributed by atoms with Gasteiger partial charge in [-0.25, -0.2) is 4.79 Å². The number of benzene rings is 1. The first-order valence-electron chi connectivity index (χ1n) is 8.47. The number of nitrogens with one attached hydrogen (secondary N) is 2. The molecule has 1 heterocycles. The van der Waals surface area contributed by atoms with Crippen molar-refractivity contribution >= 4 is 17.8 Å². The summed E-state index contributed by atoms with van der Waals surface area (Å²) in [5.74, 6) is 1.74. The molecule has 2 N–H and O–H groups in total. The summed E-state index contributed by atoms with van der Waals surface area (Å²) in [5, 5.41) is 6.08. The molecule has 2 fully saturated rings. The van der Waals surface area contributed by atoms with Gasteiger partial charge in [0, 0.05) is 24.9 Å². The molecule has 1 saturated heterocycles. The highest BCUT2D eigenvalue weighted by Crippen LogP contribution is 2.38. The highest BCUT2D eigenvalue weighted by Gasteiger charge is 2.36. The van der Waals surface area contributed by atoms with Crippen LogP contribution in [0.1, 0.15) is 36.8 Å². The highest BCUT2D eigenvalue weighted by molar-refractivity contribution is 7.97. The van der Waals surface area contributed by atoms with Gasteiger partial charge in [-0.15, -0.1) is 0 Å². The molecule has 1 aromatic rings. The number of ether oxygens (including phenoxy) is 1. The van der Waals surface area contributed by atoms with Gasteiger partial charge in [-0.05, 0) is 49.0 Å². The van der Waals surface area contributed by atoms with E-state index >= 15 is 0 Å². The number of thioether (sulfide) groups is 1. The van der Waals surface area contributed by atoms with E-state index in [1.54, 1.807) is 0 Å². The van der Waals surface area contributed by atoms with Crippen LogP contribution >= 0.6 is 11.8 Å². The molecule has 23 heavy (non-hydrogen) atoms. The molecule has 0 aromatic heterocycles. The summed E-state index contributed by atoms with van der Waals surface area (Å²) in [7, 11) is 0. The van der Waals surface area contributed by atoms with Crippen molar-refractivity contribution in [1.29, 1.82) is 0 Å². The average molecular weight is 334 g/mol. The van der Waals surface area contributed by atoms with E-state index in [0.29, 0.717) is 12.6 Å². The number of hydrogen-bond donors (Lipinski definition) is 2. The van der Waals surface area contributed by atoms with E-state index < -0.39 is 0 Å². The summed E-state index contributed by atoms with van der Waals surface area (Å²) in [6, 6.07) is 8.58. The zero-order valence-corrected chi connectivity index (χ0v) is 14.5. The third-order valence-corrected chi connectivity index (χ3v) is 5.18. The SMILES string of the molecule is CSCc1cccc(CNC(=O)N[C@H]2CCO[C@H](C3CC3)C2)c1. The topological polar surface area (TPSA) is 50.4 Å². The third-order valence-electron chi connectivity index (χ3n) is 4.55. The average Bonchev–Trinajstić information content (AvgIpc) is 3.39. The lowest BCUT2D eigenvalue weighted by molar-refractivity contribution is -0.00914. The van der Waals surface area contributed by atoms with Crippen LogP contribution in [-0.2, 0) is 17.0 Å². The van der Waals surface area contributed by atoms with Crippen LogP contribution in [0, 0.1) is 5.92 Å². The molecular weight excluding hydrogens is 308 g/mol. The van der Waals surface area contributed by atoms with Gasteiger partial charge in [0.2, 0.25) is 0 Å². The maximum atomic E-state index is 12.1. The molecule has 4 nitrogen and oxygen atoms in total. The van der Waals surface area contributed by atoms with Crippen LogP contribution in [0.25, 0.3) is 0 Å². The lowest BCUT2D eigenvalue weighted by Crippen LogP contribution is -2.46. The van der Waals surface area contributed by atoms with E-state index in [2.05, 4.69) is 41.2 Å². The van der Waals surface area contributed by atoms with Crippen LogP contribution in [0.15, 0.2) is 24.3 Å². The normalized spacial score (nSPS) is 24.2. The maximum absolute atomic E-state index is 12.1. The Balaban J connectivity index is 1.43. The smallest absolute Gasteiger partial charge is 0.315 e. The van der Waals surface area contributed by atoms with E-state index in [1.165, 1.54) is 18.4 Å². The van der Waals surface area contributed by atoms with Gasteiger partial charge in [0.15, 0.2) is 0 Å². The molecule has 1 aliphatic carbocycles. The van der Waals surface area contributed by atoms with Crippen LogP contribution in [0.2, 0.25) is 0 Å². The zero-order chi connectivity index (χ0) is 16.1. The Morgan fingerprint density at radius 1 is 1.30 bits per heavy atom. The Labute approximate surface area is 142 Å². The number of carbonyl (C=O) groups is 1. The van der Waals surface area contributed by atoms with Crippen LogP contribution in [-0.4, -0.2) is 31.0 Å². The minimum Gasteiger partial charge on any atom is -0.378 e. The molecule has 2 atom stereocenters. The van der Waals surface area contributed by atoms with Gasteiger partial charge in [-0.3, -0.25) is 0 Å². The Bertz CT molecular complexity index is 534. The lowest BCUT2D eigenvalue weighted by Gasteiger charge is -2.30. The van der Waals surface area contributed by atoms with Gasteiger partial charge in [-0.2, -0.15) is 11.8 Å². The van der Waals surface area contributed by atoms with Gasteiger partial charge in [-0.1, -0.05) is 24.3 Å². The van der Waals surface area contributed by atoms with Gasteiger partial charge >= 0.3 is 6.03 Å². The number of carbonyl (C=O) groups excluding carboxylic acids is 1. The summed E-state index contributed by atoms with van der Waals surface area (Å²) in [4.78, 5) is 12.1. The number of amides is 2.